The van der Waals surface area contributed by atoms with Gasteiger partial charge in [-0.1, -0.05) is 0 Å². The lowest BCUT2D eigenvalue weighted by atomic mass is 10.0. The van der Waals surface area contributed by atoms with Crippen molar-refractivity contribution in [1.82, 2.24) is 0 Å². The first-order valence-electron chi connectivity index (χ1n) is 3.57. The minimum atomic E-state index is -1.59. The summed E-state index contributed by atoms with van der Waals surface area (Å²) >= 11 is 0. The molecule has 6 nitrogen and oxygen atoms in total. The van der Waals surface area contributed by atoms with Gasteiger partial charge in [-0.3, -0.25) is 4.70 Å². The Morgan fingerprint density at radius 1 is 0.923 bits per heavy atom. The minimum Gasteiger partial charge on any atom is -0.394 e. The molecule has 0 aromatic rings. The van der Waals surface area contributed by atoms with E-state index in [0.29, 0.717) is 0 Å². The molecule has 0 amide bonds. The van der Waals surface area contributed by atoms with Crippen LogP contribution in [0.3, 0.4) is 0 Å². The van der Waals surface area contributed by atoms with E-state index in [-0.39, 0.29) is 11.2 Å². The predicted molar refractivity (Wildman–Crippen MR) is 42.7 cm³/mol. The fourth-order valence-corrected chi connectivity index (χ4v) is 0.703. The third kappa shape index (κ3) is 4.46. The van der Waals surface area contributed by atoms with Gasteiger partial charge in [0.1, 0.15) is 18.3 Å². The summed E-state index contributed by atoms with van der Waals surface area (Å²) in [7, 11) is 0. The molecule has 7 heteroatoms. The molecule has 0 unspecified atom stereocenters. The molecule has 0 spiro atoms. The Kier molecular flexibility index (Phi) is 8.32. The van der Waals surface area contributed by atoms with Crippen LogP contribution in [0.1, 0.15) is 0 Å². The van der Waals surface area contributed by atoms with Crippen LogP contribution in [-0.4, -0.2) is 63.1 Å². The van der Waals surface area contributed by atoms with Gasteiger partial charge in [0.25, 0.3) is 0 Å². The minimum absolute atomic E-state index is 0. The third-order valence-electron chi connectivity index (χ3n) is 1.57. The molecule has 0 rings (SSSR count). The summed E-state index contributed by atoms with van der Waals surface area (Å²) in [5.74, 6) is 0. The first-order valence-corrected chi connectivity index (χ1v) is 3.57. The summed E-state index contributed by atoms with van der Waals surface area (Å²) in [6, 6.07) is 0. The van der Waals surface area contributed by atoms with Crippen LogP contribution in [0.25, 0.3) is 0 Å². The molecule has 0 aliphatic rings. The standard InChI is InChI=1S/C6H15NO5.FH/c7-1-3(9)5(11)6(12)4(10)2-8;/h3-6,8-12H,1-2,7H2;1H/t3-,4+,5+,6+;/m1./s1. The number of hydrogen-bond acceptors (Lipinski definition) is 6. The van der Waals surface area contributed by atoms with Crippen molar-refractivity contribution in [3.63, 3.8) is 0 Å². The zero-order valence-corrected chi connectivity index (χ0v) is 6.95. The second kappa shape index (κ2) is 7.13. The predicted octanol–water partition coefficient (Wildman–Crippen LogP) is -3.47. The Bertz CT molecular complexity index is 114. The highest BCUT2D eigenvalue weighted by atomic mass is 19.0. The molecule has 7 N–H and O–H groups in total. The van der Waals surface area contributed by atoms with Crippen molar-refractivity contribution in [2.75, 3.05) is 13.2 Å². The lowest BCUT2D eigenvalue weighted by molar-refractivity contribution is -0.112. The van der Waals surface area contributed by atoms with Crippen molar-refractivity contribution < 1.29 is 30.2 Å². The van der Waals surface area contributed by atoms with E-state index in [1.54, 1.807) is 0 Å². The highest BCUT2D eigenvalue weighted by Crippen LogP contribution is 2.03. The number of aliphatic hydroxyl groups is 5. The monoisotopic (exact) mass is 201 g/mol. The van der Waals surface area contributed by atoms with Crippen LogP contribution in [0.2, 0.25) is 0 Å². The average molecular weight is 201 g/mol. The smallest absolute Gasteiger partial charge is 0.111 e. The number of halogens is 1. The molecule has 4 atom stereocenters. The van der Waals surface area contributed by atoms with Gasteiger partial charge in [-0.05, 0) is 0 Å². The van der Waals surface area contributed by atoms with Crippen molar-refractivity contribution in [2.24, 2.45) is 5.73 Å². The highest BCUT2D eigenvalue weighted by Gasteiger charge is 2.28. The summed E-state index contributed by atoms with van der Waals surface area (Å²) in [6.07, 6.45) is -5.91. The van der Waals surface area contributed by atoms with Crippen molar-refractivity contribution in [2.45, 2.75) is 24.4 Å². The fraction of sp³-hybridized carbons (Fsp3) is 1.00. The zero-order valence-electron chi connectivity index (χ0n) is 6.95. The van der Waals surface area contributed by atoms with Gasteiger partial charge in [-0.25, -0.2) is 0 Å². The highest BCUT2D eigenvalue weighted by molar-refractivity contribution is 4.80. The van der Waals surface area contributed by atoms with Gasteiger partial charge < -0.3 is 31.3 Å². The molecular weight excluding hydrogens is 185 g/mol. The van der Waals surface area contributed by atoms with Crippen LogP contribution in [-0.2, 0) is 0 Å². The fourth-order valence-electron chi connectivity index (χ4n) is 0.703. The lowest BCUT2D eigenvalue weighted by Gasteiger charge is -2.24. The van der Waals surface area contributed by atoms with Gasteiger partial charge in [-0.15, -0.1) is 0 Å². The van der Waals surface area contributed by atoms with Crippen LogP contribution >= 0.6 is 0 Å². The van der Waals surface area contributed by atoms with E-state index in [1.165, 1.54) is 0 Å². The van der Waals surface area contributed by atoms with Gasteiger partial charge in [0.15, 0.2) is 0 Å². The number of aliphatic hydroxyl groups excluding tert-OH is 5. The molecule has 0 saturated carbocycles. The maximum absolute atomic E-state index is 9.04. The molecule has 0 aliphatic heterocycles. The second-order valence-electron chi connectivity index (χ2n) is 2.53. The normalized spacial score (nSPS) is 19.8. The van der Waals surface area contributed by atoms with Crippen LogP contribution in [0.15, 0.2) is 0 Å². The molecule has 0 aromatic carbocycles. The average Bonchev–Trinajstić information content (AvgIpc) is 2.12. The Balaban J connectivity index is 0. The SMILES string of the molecule is F.NC[C@@H](O)[C@H](O)[C@@H](O)[C@@H](O)CO. The molecule has 82 valence electrons. The molecule has 0 aliphatic carbocycles. The lowest BCUT2D eigenvalue weighted by Crippen LogP contribution is -2.48. The van der Waals surface area contributed by atoms with E-state index in [2.05, 4.69) is 0 Å². The van der Waals surface area contributed by atoms with Gasteiger partial charge in [-0.2, -0.15) is 0 Å². The van der Waals surface area contributed by atoms with Crippen LogP contribution in [0, 0.1) is 0 Å². The maximum Gasteiger partial charge on any atom is 0.111 e. The van der Waals surface area contributed by atoms with Crippen molar-refractivity contribution in [1.29, 1.82) is 0 Å². The summed E-state index contributed by atoms with van der Waals surface area (Å²) in [5.41, 5.74) is 4.99. The van der Waals surface area contributed by atoms with E-state index in [4.69, 9.17) is 31.3 Å². The summed E-state index contributed by atoms with van der Waals surface area (Å²) in [5, 5.41) is 44.2. The molecule has 0 aromatic heterocycles. The van der Waals surface area contributed by atoms with E-state index in [0.717, 1.165) is 0 Å². The summed E-state index contributed by atoms with van der Waals surface area (Å²) in [6.45, 7) is -0.911. The summed E-state index contributed by atoms with van der Waals surface area (Å²) in [4.78, 5) is 0. The quantitative estimate of drug-likeness (QED) is 0.274. The van der Waals surface area contributed by atoms with Crippen molar-refractivity contribution >= 4 is 0 Å². The first kappa shape index (κ1) is 15.2. The number of rotatable bonds is 5. The Hall–Kier alpha value is -0.310. The summed E-state index contributed by atoms with van der Waals surface area (Å²) < 4.78 is 0. The van der Waals surface area contributed by atoms with E-state index < -0.39 is 31.0 Å². The van der Waals surface area contributed by atoms with Crippen LogP contribution in [0.5, 0.6) is 0 Å². The zero-order chi connectivity index (χ0) is 9.72. The van der Waals surface area contributed by atoms with Crippen LogP contribution in [0.4, 0.5) is 4.70 Å². The number of hydrogen-bond donors (Lipinski definition) is 6. The van der Waals surface area contributed by atoms with Gasteiger partial charge in [0.2, 0.25) is 0 Å². The van der Waals surface area contributed by atoms with Crippen LogP contribution < -0.4 is 5.73 Å². The van der Waals surface area contributed by atoms with E-state index in [9.17, 15) is 0 Å². The topological polar surface area (TPSA) is 127 Å². The maximum atomic E-state index is 9.04. The van der Waals surface area contributed by atoms with E-state index >= 15 is 0 Å². The van der Waals surface area contributed by atoms with E-state index in [1.807, 2.05) is 0 Å². The molecule has 0 saturated heterocycles. The largest absolute Gasteiger partial charge is 0.394 e. The Morgan fingerprint density at radius 3 is 1.62 bits per heavy atom. The van der Waals surface area contributed by atoms with Gasteiger partial charge in [0.05, 0.1) is 12.7 Å². The Labute approximate surface area is 74.6 Å². The molecule has 13 heavy (non-hydrogen) atoms. The molecule has 0 heterocycles. The first-order chi connectivity index (χ1) is 5.54. The van der Waals surface area contributed by atoms with Gasteiger partial charge in [0, 0.05) is 6.54 Å². The van der Waals surface area contributed by atoms with Crippen molar-refractivity contribution in [3.8, 4) is 0 Å². The molecular formula is C6H16FNO5. The second-order valence-corrected chi connectivity index (χ2v) is 2.53. The molecule has 0 radical (unpaired) electrons. The number of nitrogens with two attached hydrogens (primary N) is 1. The Morgan fingerprint density at radius 2 is 1.31 bits per heavy atom. The molecule has 0 fully saturated rings. The molecule has 0 bridgehead atoms. The van der Waals surface area contributed by atoms with Gasteiger partial charge >= 0.3 is 0 Å². The third-order valence-corrected chi connectivity index (χ3v) is 1.57. The van der Waals surface area contributed by atoms with Crippen molar-refractivity contribution in [3.05, 3.63) is 0 Å².